The van der Waals surface area contributed by atoms with E-state index in [1.807, 2.05) is 24.3 Å². The van der Waals surface area contributed by atoms with Crippen LogP contribution >= 0.6 is 0 Å². The molecule has 2 rings (SSSR count). The Kier molecular flexibility index (Phi) is 7.34. The molecule has 0 saturated carbocycles. The molecular formula is C19H25N3O5. The Morgan fingerprint density at radius 1 is 1.19 bits per heavy atom. The molecule has 1 aromatic rings. The number of fused-ring (bicyclic) bond motifs is 2. The van der Waals surface area contributed by atoms with Crippen LogP contribution in [-0.4, -0.2) is 49.4 Å². The summed E-state index contributed by atoms with van der Waals surface area (Å²) in [6.07, 6.45) is 1.19. The van der Waals surface area contributed by atoms with Crippen LogP contribution in [0.25, 0.3) is 0 Å². The number of esters is 1. The number of hydrogen-bond donors (Lipinski definition) is 3. The van der Waals surface area contributed by atoms with Crippen LogP contribution in [0.1, 0.15) is 30.9 Å². The van der Waals surface area contributed by atoms with Crippen molar-refractivity contribution in [1.82, 2.24) is 16.0 Å². The van der Waals surface area contributed by atoms with Crippen LogP contribution in [0.4, 0.5) is 0 Å². The lowest BCUT2D eigenvalue weighted by molar-refractivity contribution is -0.145. The monoisotopic (exact) mass is 375 g/mol. The van der Waals surface area contributed by atoms with Crippen LogP contribution in [0.2, 0.25) is 0 Å². The summed E-state index contributed by atoms with van der Waals surface area (Å²) in [7, 11) is 1.28. The lowest BCUT2D eigenvalue weighted by Crippen LogP contribution is -2.48. The van der Waals surface area contributed by atoms with Crippen molar-refractivity contribution in [3.8, 4) is 0 Å². The van der Waals surface area contributed by atoms with E-state index in [0.717, 1.165) is 11.1 Å². The van der Waals surface area contributed by atoms with Gasteiger partial charge in [0.15, 0.2) is 0 Å². The fourth-order valence-corrected chi connectivity index (χ4v) is 3.00. The largest absolute Gasteiger partial charge is 0.467 e. The molecule has 0 saturated heterocycles. The van der Waals surface area contributed by atoms with E-state index in [1.54, 1.807) is 0 Å². The second kappa shape index (κ2) is 9.70. The van der Waals surface area contributed by atoms with Crippen molar-refractivity contribution in [2.75, 3.05) is 13.7 Å². The number of hydrogen-bond acceptors (Lipinski definition) is 5. The smallest absolute Gasteiger partial charge is 0.328 e. The molecule has 0 aromatic heterocycles. The van der Waals surface area contributed by atoms with Crippen molar-refractivity contribution in [1.29, 1.82) is 0 Å². The molecule has 2 atom stereocenters. The van der Waals surface area contributed by atoms with Gasteiger partial charge < -0.3 is 20.7 Å². The Balaban J connectivity index is 2.30. The van der Waals surface area contributed by atoms with E-state index in [4.69, 9.17) is 4.74 Å². The molecule has 1 heterocycles. The topological polar surface area (TPSA) is 114 Å². The fourth-order valence-electron chi connectivity index (χ4n) is 3.00. The lowest BCUT2D eigenvalue weighted by atomic mass is 9.99. The first kappa shape index (κ1) is 20.4. The number of carbonyl (C=O) groups excluding carboxylic acids is 4. The Bertz CT molecular complexity index is 702. The molecular weight excluding hydrogens is 350 g/mol. The molecule has 0 radical (unpaired) electrons. The summed E-state index contributed by atoms with van der Waals surface area (Å²) in [6.45, 7) is 1.66. The number of nitrogens with one attached hydrogen (secondary N) is 3. The Morgan fingerprint density at radius 3 is 2.56 bits per heavy atom. The minimum absolute atomic E-state index is 0.165. The number of rotatable bonds is 2. The molecule has 1 aromatic carbocycles. The molecule has 27 heavy (non-hydrogen) atoms. The van der Waals surface area contributed by atoms with Gasteiger partial charge in [0.05, 0.1) is 7.11 Å². The van der Waals surface area contributed by atoms with Gasteiger partial charge in [-0.15, -0.1) is 0 Å². The van der Waals surface area contributed by atoms with Crippen molar-refractivity contribution in [3.63, 3.8) is 0 Å². The Hall–Kier alpha value is -2.90. The second-order valence-electron chi connectivity index (χ2n) is 6.52. The molecule has 1 aliphatic heterocycles. The third-order valence-corrected chi connectivity index (χ3v) is 4.27. The first-order chi connectivity index (χ1) is 12.9. The Labute approximate surface area is 158 Å². The van der Waals surface area contributed by atoms with Crippen molar-refractivity contribution in [2.45, 2.75) is 44.7 Å². The molecule has 3 N–H and O–H groups in total. The average molecular weight is 375 g/mol. The van der Waals surface area contributed by atoms with Crippen LogP contribution in [0, 0.1) is 0 Å². The van der Waals surface area contributed by atoms with Crippen LogP contribution in [0.3, 0.4) is 0 Å². The molecule has 8 heteroatoms. The normalized spacial score (nSPS) is 21.3. The number of ether oxygens (including phenoxy) is 1. The van der Waals surface area contributed by atoms with Crippen LogP contribution < -0.4 is 16.0 Å². The van der Waals surface area contributed by atoms with E-state index < -0.39 is 18.1 Å². The highest BCUT2D eigenvalue weighted by Crippen LogP contribution is 2.12. The van der Waals surface area contributed by atoms with Crippen molar-refractivity contribution in [3.05, 3.63) is 35.4 Å². The number of benzene rings is 1. The van der Waals surface area contributed by atoms with Gasteiger partial charge in [0.25, 0.3) is 0 Å². The highest BCUT2D eigenvalue weighted by Gasteiger charge is 2.24. The van der Waals surface area contributed by atoms with Crippen molar-refractivity contribution >= 4 is 23.7 Å². The van der Waals surface area contributed by atoms with Gasteiger partial charge in [0, 0.05) is 32.7 Å². The average Bonchev–Trinajstić information content (AvgIpc) is 2.62. The summed E-state index contributed by atoms with van der Waals surface area (Å²) < 4.78 is 4.80. The van der Waals surface area contributed by atoms with Crippen LogP contribution in [0.15, 0.2) is 24.3 Å². The minimum Gasteiger partial charge on any atom is -0.467 e. The SMILES string of the molecule is COC(=O)[C@@H]1Cc2cccc(c2)C[C@H](NC(C)=O)C(=O)NCCCC(=O)N1. The molecule has 1 aliphatic rings. The van der Waals surface area contributed by atoms with Gasteiger partial charge in [-0.25, -0.2) is 4.79 Å². The van der Waals surface area contributed by atoms with Crippen LogP contribution in [0.5, 0.6) is 0 Å². The van der Waals surface area contributed by atoms with Gasteiger partial charge in [0.1, 0.15) is 12.1 Å². The lowest BCUT2D eigenvalue weighted by Gasteiger charge is -2.20. The number of methoxy groups -OCH3 is 1. The van der Waals surface area contributed by atoms with E-state index >= 15 is 0 Å². The molecule has 3 amide bonds. The van der Waals surface area contributed by atoms with Gasteiger partial charge in [-0.2, -0.15) is 0 Å². The van der Waals surface area contributed by atoms with E-state index in [2.05, 4.69) is 16.0 Å². The highest BCUT2D eigenvalue weighted by molar-refractivity contribution is 5.87. The maximum atomic E-state index is 12.4. The van der Waals surface area contributed by atoms with E-state index in [9.17, 15) is 19.2 Å². The third-order valence-electron chi connectivity index (χ3n) is 4.27. The molecule has 0 aliphatic carbocycles. The highest BCUT2D eigenvalue weighted by atomic mass is 16.5. The molecule has 8 nitrogen and oxygen atoms in total. The number of amides is 3. The zero-order chi connectivity index (χ0) is 19.8. The van der Waals surface area contributed by atoms with E-state index in [0.29, 0.717) is 19.4 Å². The quantitative estimate of drug-likeness (QED) is 0.622. The standard InChI is InChI=1S/C19H25N3O5/c1-12(23)21-15-10-13-5-3-6-14(9-13)11-16(19(26)27-2)22-17(24)7-4-8-20-18(15)25/h3,5-6,9,15-16H,4,7-8,10-11H2,1-2H3,(H,20,25)(H,21,23)(H,22,24)/t15-,16-/m0/s1. The summed E-state index contributed by atoms with van der Waals surface area (Å²) in [5, 5.41) is 8.09. The summed E-state index contributed by atoms with van der Waals surface area (Å²) in [5.74, 6) is -1.38. The zero-order valence-corrected chi connectivity index (χ0v) is 15.5. The van der Waals surface area contributed by atoms with Crippen molar-refractivity contribution < 1.29 is 23.9 Å². The zero-order valence-electron chi connectivity index (χ0n) is 15.5. The van der Waals surface area contributed by atoms with Crippen LogP contribution in [-0.2, 0) is 36.8 Å². The Morgan fingerprint density at radius 2 is 1.89 bits per heavy atom. The predicted molar refractivity (Wildman–Crippen MR) is 97.6 cm³/mol. The summed E-state index contributed by atoms with van der Waals surface area (Å²) in [6, 6.07) is 5.88. The second-order valence-corrected chi connectivity index (χ2v) is 6.52. The predicted octanol–water partition coefficient (Wildman–Crippen LogP) is -0.156. The van der Waals surface area contributed by atoms with Gasteiger partial charge in [-0.05, 0) is 17.5 Å². The summed E-state index contributed by atoms with van der Waals surface area (Å²) in [5.41, 5.74) is 1.66. The van der Waals surface area contributed by atoms with Gasteiger partial charge in [-0.1, -0.05) is 24.3 Å². The van der Waals surface area contributed by atoms with Gasteiger partial charge >= 0.3 is 5.97 Å². The van der Waals surface area contributed by atoms with Gasteiger partial charge in [0.2, 0.25) is 17.7 Å². The molecule has 2 bridgehead atoms. The van der Waals surface area contributed by atoms with Gasteiger partial charge in [-0.3, -0.25) is 14.4 Å². The molecule has 0 fully saturated rings. The maximum absolute atomic E-state index is 12.4. The minimum atomic E-state index is -0.776. The van der Waals surface area contributed by atoms with E-state index in [-0.39, 0.29) is 30.6 Å². The summed E-state index contributed by atoms with van der Waals surface area (Å²) in [4.78, 5) is 48.0. The van der Waals surface area contributed by atoms with E-state index in [1.165, 1.54) is 14.0 Å². The summed E-state index contributed by atoms with van der Waals surface area (Å²) >= 11 is 0. The first-order valence-corrected chi connectivity index (χ1v) is 8.89. The third kappa shape index (κ3) is 6.40. The van der Waals surface area contributed by atoms with Crippen molar-refractivity contribution in [2.24, 2.45) is 0 Å². The fraction of sp³-hybridized carbons (Fsp3) is 0.474. The molecule has 0 spiro atoms. The molecule has 0 unspecified atom stereocenters. The maximum Gasteiger partial charge on any atom is 0.328 e. The number of carbonyl (C=O) groups is 4. The first-order valence-electron chi connectivity index (χ1n) is 8.89. The molecule has 146 valence electrons.